The second kappa shape index (κ2) is 6.59. The van der Waals surface area contributed by atoms with Gasteiger partial charge < -0.3 is 9.72 Å². The Bertz CT molecular complexity index is 736. The van der Waals surface area contributed by atoms with Gasteiger partial charge in [0, 0.05) is 16.6 Å². The highest BCUT2D eigenvalue weighted by Crippen LogP contribution is 2.33. The molecule has 1 aliphatic heterocycles. The molecule has 2 aromatic rings. The van der Waals surface area contributed by atoms with Crippen molar-refractivity contribution in [1.29, 1.82) is 0 Å². The Morgan fingerprint density at radius 1 is 1.42 bits per heavy atom. The number of halogens is 1. The molecular formula is C18H22BrN3O2. The lowest BCUT2D eigenvalue weighted by Crippen LogP contribution is -2.36. The highest BCUT2D eigenvalue weighted by Gasteiger charge is 2.34. The molecule has 5 nitrogen and oxygen atoms in total. The number of ether oxygens (including phenoxy) is 1. The molecule has 0 radical (unpaired) electrons. The number of nitrogens with one attached hydrogen (secondary N) is 1. The van der Waals surface area contributed by atoms with E-state index >= 15 is 0 Å². The van der Waals surface area contributed by atoms with Crippen molar-refractivity contribution in [3.05, 3.63) is 40.8 Å². The molecular weight excluding hydrogens is 370 g/mol. The molecule has 1 aromatic carbocycles. The third kappa shape index (κ3) is 3.80. The zero-order valence-corrected chi connectivity index (χ0v) is 15.8. The molecule has 3 rings (SSSR count). The Hall–Kier alpha value is -1.82. The molecule has 0 unspecified atom stereocenters. The Labute approximate surface area is 150 Å². The predicted octanol–water partition coefficient (Wildman–Crippen LogP) is 4.91. The highest BCUT2D eigenvalue weighted by atomic mass is 79.9. The smallest absolute Gasteiger partial charge is 0.410 e. The van der Waals surface area contributed by atoms with E-state index in [1.807, 2.05) is 51.2 Å². The maximum Gasteiger partial charge on any atom is 0.410 e. The van der Waals surface area contributed by atoms with E-state index in [0.29, 0.717) is 6.54 Å². The maximum atomic E-state index is 12.4. The number of hydrogen-bond acceptors (Lipinski definition) is 3. The summed E-state index contributed by atoms with van der Waals surface area (Å²) in [6.07, 6.45) is 3.40. The van der Waals surface area contributed by atoms with Crippen LogP contribution in [0, 0.1) is 0 Å². The lowest BCUT2D eigenvalue weighted by molar-refractivity contribution is 0.0219. The summed E-state index contributed by atoms with van der Waals surface area (Å²) in [6.45, 7) is 6.35. The number of aromatic amines is 1. The molecule has 1 saturated heterocycles. The number of rotatable bonds is 2. The van der Waals surface area contributed by atoms with Crippen LogP contribution in [0.15, 0.2) is 34.9 Å². The lowest BCUT2D eigenvalue weighted by Gasteiger charge is -2.27. The van der Waals surface area contributed by atoms with Gasteiger partial charge in [0.05, 0.1) is 17.9 Å². The first-order valence-corrected chi connectivity index (χ1v) is 8.93. The average molecular weight is 392 g/mol. The number of likely N-dealkylation sites (tertiary alicyclic amines) is 1. The van der Waals surface area contributed by atoms with Gasteiger partial charge in [-0.15, -0.1) is 0 Å². The Kier molecular flexibility index (Phi) is 4.67. The zero-order chi connectivity index (χ0) is 17.3. The normalized spacial score (nSPS) is 18.0. The van der Waals surface area contributed by atoms with Gasteiger partial charge in [0.1, 0.15) is 11.4 Å². The number of amides is 1. The highest BCUT2D eigenvalue weighted by molar-refractivity contribution is 9.10. The Morgan fingerprint density at radius 3 is 2.92 bits per heavy atom. The minimum atomic E-state index is -0.491. The van der Waals surface area contributed by atoms with Crippen LogP contribution in [-0.2, 0) is 4.74 Å². The maximum absolute atomic E-state index is 12.4. The Morgan fingerprint density at radius 2 is 2.21 bits per heavy atom. The fourth-order valence-electron chi connectivity index (χ4n) is 2.90. The van der Waals surface area contributed by atoms with E-state index in [2.05, 4.69) is 25.9 Å². The van der Waals surface area contributed by atoms with E-state index in [-0.39, 0.29) is 12.1 Å². The first-order chi connectivity index (χ1) is 11.3. The van der Waals surface area contributed by atoms with Crippen LogP contribution in [0.1, 0.15) is 45.5 Å². The van der Waals surface area contributed by atoms with Crippen LogP contribution < -0.4 is 0 Å². The molecule has 6 heteroatoms. The first-order valence-electron chi connectivity index (χ1n) is 8.14. The van der Waals surface area contributed by atoms with Gasteiger partial charge in [0.2, 0.25) is 0 Å². The van der Waals surface area contributed by atoms with Crippen molar-refractivity contribution in [1.82, 2.24) is 14.9 Å². The molecule has 1 aromatic heterocycles. The summed E-state index contributed by atoms with van der Waals surface area (Å²) in [5.41, 5.74) is 1.52. The van der Waals surface area contributed by atoms with Crippen molar-refractivity contribution in [2.24, 2.45) is 0 Å². The summed E-state index contributed by atoms with van der Waals surface area (Å²) in [4.78, 5) is 22.1. The number of H-pyrrole nitrogens is 1. The van der Waals surface area contributed by atoms with Crippen LogP contribution in [0.5, 0.6) is 0 Å². The summed E-state index contributed by atoms with van der Waals surface area (Å²) in [5, 5.41) is 0. The van der Waals surface area contributed by atoms with Crippen molar-refractivity contribution in [3.63, 3.8) is 0 Å². The summed E-state index contributed by atoms with van der Waals surface area (Å²) in [7, 11) is 0. The molecule has 0 aliphatic carbocycles. The number of carbonyl (C=O) groups excluding carboxylic acids is 1. The minimum Gasteiger partial charge on any atom is -0.444 e. The number of nitrogens with zero attached hydrogens (tertiary/aromatic N) is 2. The average Bonchev–Trinajstić information content (AvgIpc) is 3.14. The monoisotopic (exact) mass is 391 g/mol. The SMILES string of the molecule is CC(C)(C)OC(=O)N1CCC[C@H]1c1ncc(-c2cccc(Br)c2)[nH]1. The van der Waals surface area contributed by atoms with Gasteiger partial charge >= 0.3 is 6.09 Å². The molecule has 1 N–H and O–H groups in total. The lowest BCUT2D eigenvalue weighted by atomic mass is 10.2. The molecule has 0 bridgehead atoms. The van der Waals surface area contributed by atoms with Gasteiger partial charge in [0.15, 0.2) is 0 Å². The quantitative estimate of drug-likeness (QED) is 0.790. The summed E-state index contributed by atoms with van der Waals surface area (Å²) in [5.74, 6) is 0.813. The van der Waals surface area contributed by atoms with Crippen LogP contribution in [0.4, 0.5) is 4.79 Å². The summed E-state index contributed by atoms with van der Waals surface area (Å²) in [6, 6.07) is 7.99. The van der Waals surface area contributed by atoms with E-state index < -0.39 is 5.60 Å². The number of hydrogen-bond donors (Lipinski definition) is 1. The van der Waals surface area contributed by atoms with Crippen molar-refractivity contribution in [2.45, 2.75) is 45.3 Å². The second-order valence-corrected chi connectivity index (χ2v) is 7.94. The fraction of sp³-hybridized carbons (Fsp3) is 0.444. The number of aromatic nitrogens is 2. The number of benzene rings is 1. The van der Waals surface area contributed by atoms with E-state index in [4.69, 9.17) is 4.74 Å². The van der Waals surface area contributed by atoms with Crippen LogP contribution in [0.2, 0.25) is 0 Å². The van der Waals surface area contributed by atoms with Gasteiger partial charge in [0.25, 0.3) is 0 Å². The van der Waals surface area contributed by atoms with Gasteiger partial charge in [-0.05, 0) is 45.7 Å². The van der Waals surface area contributed by atoms with Gasteiger partial charge in [-0.25, -0.2) is 9.78 Å². The molecule has 24 heavy (non-hydrogen) atoms. The molecule has 0 saturated carbocycles. The van der Waals surface area contributed by atoms with Crippen molar-refractivity contribution < 1.29 is 9.53 Å². The van der Waals surface area contributed by atoms with Crippen LogP contribution in [0.25, 0.3) is 11.3 Å². The van der Waals surface area contributed by atoms with E-state index in [1.165, 1.54) is 0 Å². The zero-order valence-electron chi connectivity index (χ0n) is 14.2. The number of carbonyl (C=O) groups is 1. The molecule has 1 fully saturated rings. The molecule has 128 valence electrons. The Balaban J connectivity index is 1.80. The topological polar surface area (TPSA) is 58.2 Å². The second-order valence-electron chi connectivity index (χ2n) is 7.02. The van der Waals surface area contributed by atoms with Gasteiger partial charge in [-0.1, -0.05) is 28.1 Å². The standard InChI is InChI=1S/C18H22BrN3O2/c1-18(2,3)24-17(23)22-9-5-8-15(22)16-20-11-14(21-16)12-6-4-7-13(19)10-12/h4,6-7,10-11,15H,5,8-9H2,1-3H3,(H,20,21)/t15-/m0/s1. The van der Waals surface area contributed by atoms with Crippen LogP contribution in [-0.4, -0.2) is 33.1 Å². The largest absolute Gasteiger partial charge is 0.444 e. The fourth-order valence-corrected chi connectivity index (χ4v) is 3.30. The van der Waals surface area contributed by atoms with E-state index in [9.17, 15) is 4.79 Å². The third-order valence-electron chi connectivity index (χ3n) is 3.93. The summed E-state index contributed by atoms with van der Waals surface area (Å²) < 4.78 is 6.54. The summed E-state index contributed by atoms with van der Waals surface area (Å²) >= 11 is 3.49. The van der Waals surface area contributed by atoms with Gasteiger partial charge in [-0.3, -0.25) is 4.90 Å². The van der Waals surface area contributed by atoms with E-state index in [1.54, 1.807) is 4.90 Å². The molecule has 2 heterocycles. The minimum absolute atomic E-state index is 0.0549. The van der Waals surface area contributed by atoms with Crippen LogP contribution >= 0.6 is 15.9 Å². The van der Waals surface area contributed by atoms with Crippen LogP contribution in [0.3, 0.4) is 0 Å². The molecule has 1 atom stereocenters. The molecule has 1 aliphatic rings. The first kappa shape index (κ1) is 17.0. The molecule has 0 spiro atoms. The van der Waals surface area contributed by atoms with Crippen molar-refractivity contribution in [2.75, 3.05) is 6.54 Å². The van der Waals surface area contributed by atoms with Gasteiger partial charge in [-0.2, -0.15) is 0 Å². The van der Waals surface area contributed by atoms with Crippen molar-refractivity contribution in [3.8, 4) is 11.3 Å². The number of imidazole rings is 1. The van der Waals surface area contributed by atoms with Crippen molar-refractivity contribution >= 4 is 22.0 Å². The predicted molar refractivity (Wildman–Crippen MR) is 96.6 cm³/mol. The van der Waals surface area contributed by atoms with E-state index in [0.717, 1.165) is 34.4 Å². The third-order valence-corrected chi connectivity index (χ3v) is 4.42. The molecule has 1 amide bonds.